The van der Waals surface area contributed by atoms with E-state index in [2.05, 4.69) is 10.2 Å². The number of hydrogen-bond acceptors (Lipinski definition) is 4. The molecule has 1 N–H and O–H groups in total. The Kier molecular flexibility index (Phi) is 3.38. The predicted octanol–water partition coefficient (Wildman–Crippen LogP) is 0.554. The van der Waals surface area contributed by atoms with Gasteiger partial charge in [-0.25, -0.2) is 0 Å². The lowest BCUT2D eigenvalue weighted by Gasteiger charge is -2.17. The number of carbonyl (C=O) groups is 1. The number of likely N-dealkylation sites (tertiary alicyclic amines) is 1. The molecule has 92 valence electrons. The lowest BCUT2D eigenvalue weighted by molar-refractivity contribution is 0.0763. The highest BCUT2D eigenvalue weighted by Crippen LogP contribution is 2.16. The molecule has 1 amide bonds. The van der Waals surface area contributed by atoms with Gasteiger partial charge in [0.2, 0.25) is 0 Å². The number of aliphatic hydroxyl groups excluding tert-OH is 1. The molecule has 5 heteroatoms. The maximum absolute atomic E-state index is 12.3. The molecule has 0 radical (unpaired) electrons. The number of carbonyl (C=O) groups excluding carboxylic acids is 1. The maximum atomic E-state index is 12.3. The van der Waals surface area contributed by atoms with Gasteiger partial charge in [-0.15, -0.1) is 0 Å². The first kappa shape index (κ1) is 12.0. The first-order valence-electron chi connectivity index (χ1n) is 5.92. The summed E-state index contributed by atoms with van der Waals surface area (Å²) >= 11 is 0. The van der Waals surface area contributed by atoms with Gasteiger partial charge >= 0.3 is 0 Å². The number of nitrogens with zero attached hydrogens (tertiary/aromatic N) is 3. The fourth-order valence-electron chi connectivity index (χ4n) is 2.06. The minimum Gasteiger partial charge on any atom is -0.391 e. The summed E-state index contributed by atoms with van der Waals surface area (Å²) in [6.07, 6.45) is 0.954. The molecule has 1 saturated heterocycles. The third-order valence-electron chi connectivity index (χ3n) is 3.01. The van der Waals surface area contributed by atoms with E-state index in [1.807, 2.05) is 13.8 Å². The monoisotopic (exact) mass is 235 g/mol. The minimum absolute atomic E-state index is 0.0450. The van der Waals surface area contributed by atoms with Crippen LogP contribution in [0.25, 0.3) is 0 Å². The van der Waals surface area contributed by atoms with Gasteiger partial charge < -0.3 is 10.0 Å². The molecular weight excluding hydrogens is 218 g/mol. The lowest BCUT2D eigenvalue weighted by atomic mass is 10.1. The molecule has 0 saturated carbocycles. The summed E-state index contributed by atoms with van der Waals surface area (Å²) in [6, 6.07) is 1.78. The highest BCUT2D eigenvalue weighted by molar-refractivity contribution is 5.95. The van der Waals surface area contributed by atoms with Crippen molar-refractivity contribution in [3.05, 3.63) is 23.0 Å². The summed E-state index contributed by atoms with van der Waals surface area (Å²) < 4.78 is 0. The van der Waals surface area contributed by atoms with E-state index in [1.54, 1.807) is 11.0 Å². The summed E-state index contributed by atoms with van der Waals surface area (Å²) in [5, 5.41) is 17.5. The third kappa shape index (κ3) is 2.44. The zero-order valence-corrected chi connectivity index (χ0v) is 10.2. The third-order valence-corrected chi connectivity index (χ3v) is 3.01. The summed E-state index contributed by atoms with van der Waals surface area (Å²) in [7, 11) is 0. The molecule has 1 aromatic rings. The van der Waals surface area contributed by atoms with Crippen LogP contribution in [0, 0.1) is 6.92 Å². The molecule has 5 nitrogen and oxygen atoms in total. The van der Waals surface area contributed by atoms with Crippen LogP contribution in [0.15, 0.2) is 6.07 Å². The highest BCUT2D eigenvalue weighted by atomic mass is 16.3. The van der Waals surface area contributed by atoms with Crippen LogP contribution in [0.4, 0.5) is 0 Å². The maximum Gasteiger partial charge on any atom is 0.255 e. The van der Waals surface area contributed by atoms with Crippen LogP contribution in [0.1, 0.15) is 35.1 Å². The first-order chi connectivity index (χ1) is 8.11. The number of β-amino-alcohol motifs (C(OH)–C–C–N with tert-alkyl or cyclic N) is 1. The highest BCUT2D eigenvalue weighted by Gasteiger charge is 2.27. The molecule has 1 aliphatic heterocycles. The molecular formula is C12H17N3O2. The van der Waals surface area contributed by atoms with Gasteiger partial charge in [-0.3, -0.25) is 4.79 Å². The van der Waals surface area contributed by atoms with Crippen LogP contribution in [-0.4, -0.2) is 45.3 Å². The summed E-state index contributed by atoms with van der Waals surface area (Å²) in [6.45, 7) is 4.81. The molecule has 17 heavy (non-hydrogen) atoms. The van der Waals surface area contributed by atoms with Crippen LogP contribution >= 0.6 is 0 Å². The minimum atomic E-state index is -0.389. The number of amides is 1. The quantitative estimate of drug-likeness (QED) is 0.813. The number of hydrogen-bond donors (Lipinski definition) is 1. The van der Waals surface area contributed by atoms with Gasteiger partial charge in [0.15, 0.2) is 0 Å². The van der Waals surface area contributed by atoms with Crippen molar-refractivity contribution in [3.8, 4) is 0 Å². The molecule has 2 heterocycles. The van der Waals surface area contributed by atoms with Gasteiger partial charge in [0, 0.05) is 13.1 Å². The zero-order valence-electron chi connectivity index (χ0n) is 10.2. The van der Waals surface area contributed by atoms with Crippen molar-refractivity contribution in [2.24, 2.45) is 0 Å². The van der Waals surface area contributed by atoms with E-state index >= 15 is 0 Å². The lowest BCUT2D eigenvalue weighted by Crippen LogP contribution is -2.30. The van der Waals surface area contributed by atoms with Crippen molar-refractivity contribution >= 4 is 5.91 Å². The molecule has 1 aromatic heterocycles. The Morgan fingerprint density at radius 1 is 1.59 bits per heavy atom. The second kappa shape index (κ2) is 4.79. The number of aryl methyl sites for hydroxylation is 2. The van der Waals surface area contributed by atoms with Crippen molar-refractivity contribution in [3.63, 3.8) is 0 Å². The van der Waals surface area contributed by atoms with Crippen molar-refractivity contribution in [2.45, 2.75) is 32.8 Å². The van der Waals surface area contributed by atoms with Gasteiger partial charge in [-0.2, -0.15) is 10.2 Å². The molecule has 0 spiro atoms. The van der Waals surface area contributed by atoms with Gasteiger partial charge in [0.1, 0.15) is 0 Å². The fourth-order valence-corrected chi connectivity index (χ4v) is 2.06. The van der Waals surface area contributed by atoms with Crippen molar-refractivity contribution in [1.82, 2.24) is 15.1 Å². The summed E-state index contributed by atoms with van der Waals surface area (Å²) in [5.74, 6) is -0.0450. The Bertz CT molecular complexity index is 434. The van der Waals surface area contributed by atoms with Crippen LogP contribution in [0.5, 0.6) is 0 Å². The Morgan fingerprint density at radius 3 is 2.94 bits per heavy atom. The zero-order chi connectivity index (χ0) is 12.4. The van der Waals surface area contributed by atoms with E-state index in [9.17, 15) is 9.90 Å². The Labute approximate surface area is 100 Å². The van der Waals surface area contributed by atoms with Crippen LogP contribution in [0.3, 0.4) is 0 Å². The topological polar surface area (TPSA) is 66.3 Å². The van der Waals surface area contributed by atoms with E-state index < -0.39 is 0 Å². The Hall–Kier alpha value is -1.49. The normalized spacial score (nSPS) is 19.7. The number of aromatic nitrogens is 2. The standard InChI is InChI=1S/C12H17N3O2/c1-3-11-10(6-8(2)13-14-11)12(17)15-5-4-9(16)7-15/h6,9,16H,3-5,7H2,1-2H3/t9-/m0/s1. The molecule has 1 fully saturated rings. The smallest absolute Gasteiger partial charge is 0.255 e. The Balaban J connectivity index is 2.26. The molecule has 0 aromatic carbocycles. The van der Waals surface area contributed by atoms with E-state index in [-0.39, 0.29) is 12.0 Å². The average Bonchev–Trinajstić information content (AvgIpc) is 2.75. The summed E-state index contributed by atoms with van der Waals surface area (Å²) in [4.78, 5) is 14.0. The van der Waals surface area contributed by atoms with Crippen molar-refractivity contribution in [2.75, 3.05) is 13.1 Å². The molecule has 0 aliphatic carbocycles. The van der Waals surface area contributed by atoms with Gasteiger partial charge in [0.05, 0.1) is 23.1 Å². The van der Waals surface area contributed by atoms with Gasteiger partial charge in [-0.1, -0.05) is 6.92 Å². The van der Waals surface area contributed by atoms with Crippen LogP contribution < -0.4 is 0 Å². The van der Waals surface area contributed by atoms with Crippen LogP contribution in [-0.2, 0) is 6.42 Å². The number of rotatable bonds is 2. The molecule has 1 atom stereocenters. The van der Waals surface area contributed by atoms with Crippen LogP contribution in [0.2, 0.25) is 0 Å². The molecule has 0 bridgehead atoms. The molecule has 2 rings (SSSR count). The van der Waals surface area contributed by atoms with E-state index in [4.69, 9.17) is 0 Å². The van der Waals surface area contributed by atoms with Gasteiger partial charge in [-0.05, 0) is 25.8 Å². The SMILES string of the molecule is CCc1nnc(C)cc1C(=O)N1CC[C@H](O)C1. The first-order valence-corrected chi connectivity index (χ1v) is 5.92. The molecule has 0 unspecified atom stereocenters. The predicted molar refractivity (Wildman–Crippen MR) is 62.7 cm³/mol. The second-order valence-corrected chi connectivity index (χ2v) is 4.39. The van der Waals surface area contributed by atoms with E-state index in [1.165, 1.54) is 0 Å². The largest absolute Gasteiger partial charge is 0.391 e. The average molecular weight is 235 g/mol. The number of aliphatic hydroxyl groups is 1. The van der Waals surface area contributed by atoms with E-state index in [0.29, 0.717) is 31.5 Å². The summed E-state index contributed by atoms with van der Waals surface area (Å²) in [5.41, 5.74) is 2.08. The van der Waals surface area contributed by atoms with Crippen molar-refractivity contribution in [1.29, 1.82) is 0 Å². The Morgan fingerprint density at radius 2 is 2.35 bits per heavy atom. The molecule has 1 aliphatic rings. The fraction of sp³-hybridized carbons (Fsp3) is 0.583. The second-order valence-electron chi connectivity index (χ2n) is 4.39. The van der Waals surface area contributed by atoms with Crippen molar-refractivity contribution < 1.29 is 9.90 Å². The van der Waals surface area contributed by atoms with Gasteiger partial charge in [0.25, 0.3) is 5.91 Å². The van der Waals surface area contributed by atoms with E-state index in [0.717, 1.165) is 11.4 Å².